The molecule has 0 aliphatic heterocycles. The van der Waals surface area contributed by atoms with Gasteiger partial charge in [0.15, 0.2) is 0 Å². The van der Waals surface area contributed by atoms with Crippen molar-refractivity contribution < 1.29 is 4.79 Å². The molecule has 23 heavy (non-hydrogen) atoms. The molecule has 0 bridgehead atoms. The van der Waals surface area contributed by atoms with E-state index >= 15 is 0 Å². The number of carbonyl (C=O) groups excluding carboxylic acids is 1. The highest BCUT2D eigenvalue weighted by molar-refractivity contribution is 6.02. The number of aromatic nitrogens is 5. The van der Waals surface area contributed by atoms with E-state index in [2.05, 4.69) is 20.5 Å². The lowest BCUT2D eigenvalue weighted by molar-refractivity contribution is 0.102. The number of hydrogen-bond donors (Lipinski definition) is 1. The molecule has 8 nitrogen and oxygen atoms in total. The van der Waals surface area contributed by atoms with Crippen LogP contribution in [0.4, 0.5) is 5.69 Å². The van der Waals surface area contributed by atoms with Gasteiger partial charge in [0.25, 0.3) is 11.5 Å². The predicted octanol–water partition coefficient (Wildman–Crippen LogP) is 0.672. The van der Waals surface area contributed by atoms with Crippen LogP contribution < -0.4 is 10.9 Å². The van der Waals surface area contributed by atoms with Gasteiger partial charge in [0.2, 0.25) is 0 Å². The number of anilines is 1. The van der Waals surface area contributed by atoms with Gasteiger partial charge in [-0.2, -0.15) is 10.2 Å². The molecule has 0 saturated carbocycles. The Labute approximate surface area is 131 Å². The molecule has 0 unspecified atom stereocenters. The van der Waals surface area contributed by atoms with Crippen LogP contribution in [0.25, 0.3) is 0 Å². The Balaban J connectivity index is 1.68. The monoisotopic (exact) mass is 310 g/mol. The lowest BCUT2D eigenvalue weighted by Gasteiger charge is -2.07. The second-order valence-corrected chi connectivity index (χ2v) is 4.92. The summed E-state index contributed by atoms with van der Waals surface area (Å²) in [5.74, 6) is -0.371. The van der Waals surface area contributed by atoms with Crippen molar-refractivity contribution in [2.24, 2.45) is 7.05 Å². The number of rotatable bonds is 4. The van der Waals surface area contributed by atoms with Crippen LogP contribution in [0, 0.1) is 0 Å². The van der Waals surface area contributed by atoms with E-state index in [1.807, 2.05) is 12.1 Å². The van der Waals surface area contributed by atoms with Gasteiger partial charge in [0, 0.05) is 18.8 Å². The Kier molecular flexibility index (Phi) is 3.96. The molecule has 0 saturated heterocycles. The van der Waals surface area contributed by atoms with Crippen molar-refractivity contribution in [3.8, 4) is 0 Å². The van der Waals surface area contributed by atoms with Gasteiger partial charge in [-0.1, -0.05) is 12.1 Å². The molecule has 0 radical (unpaired) electrons. The van der Waals surface area contributed by atoms with Crippen LogP contribution in [0.1, 0.15) is 16.1 Å². The summed E-state index contributed by atoms with van der Waals surface area (Å²) in [6, 6.07) is 10.1. The Morgan fingerprint density at radius 2 is 1.96 bits per heavy atom. The largest absolute Gasteiger partial charge is 0.321 e. The molecule has 0 aliphatic rings. The van der Waals surface area contributed by atoms with E-state index < -0.39 is 0 Å². The molecule has 0 spiro atoms. The number of benzene rings is 1. The summed E-state index contributed by atoms with van der Waals surface area (Å²) in [7, 11) is 1.50. The maximum Gasteiger partial charge on any atom is 0.276 e. The van der Waals surface area contributed by atoms with Crippen molar-refractivity contribution >= 4 is 11.6 Å². The molecule has 1 amide bonds. The first kappa shape index (κ1) is 14.6. The molecule has 2 aromatic heterocycles. The maximum atomic E-state index is 12.1. The smallest absolute Gasteiger partial charge is 0.276 e. The van der Waals surface area contributed by atoms with Gasteiger partial charge in [0.1, 0.15) is 18.3 Å². The second kappa shape index (κ2) is 6.22. The highest BCUT2D eigenvalue weighted by atomic mass is 16.2. The fourth-order valence-corrected chi connectivity index (χ4v) is 2.01. The molecule has 8 heteroatoms. The lowest BCUT2D eigenvalue weighted by Crippen LogP contribution is -2.23. The average Bonchev–Trinajstić information content (AvgIpc) is 3.05. The fourth-order valence-electron chi connectivity index (χ4n) is 2.01. The van der Waals surface area contributed by atoms with Gasteiger partial charge in [-0.3, -0.25) is 9.59 Å². The van der Waals surface area contributed by atoms with Crippen molar-refractivity contribution in [3.63, 3.8) is 0 Å². The van der Waals surface area contributed by atoms with Gasteiger partial charge >= 0.3 is 0 Å². The first-order chi connectivity index (χ1) is 11.1. The average molecular weight is 310 g/mol. The minimum Gasteiger partial charge on any atom is -0.321 e. The minimum atomic E-state index is -0.371. The Hall–Kier alpha value is -3.29. The Bertz CT molecular complexity index is 868. The van der Waals surface area contributed by atoms with E-state index in [9.17, 15) is 9.59 Å². The molecule has 1 N–H and O–H groups in total. The first-order valence-corrected chi connectivity index (χ1v) is 6.89. The van der Waals surface area contributed by atoms with Gasteiger partial charge in [-0.15, -0.1) is 0 Å². The number of nitrogens with zero attached hydrogens (tertiary/aromatic N) is 5. The molecule has 1 aromatic carbocycles. The molecule has 0 fully saturated rings. The highest BCUT2D eigenvalue weighted by Crippen LogP contribution is 2.11. The summed E-state index contributed by atoms with van der Waals surface area (Å²) >= 11 is 0. The third-order valence-electron chi connectivity index (χ3n) is 3.22. The topological polar surface area (TPSA) is 94.7 Å². The van der Waals surface area contributed by atoms with Gasteiger partial charge in [-0.05, 0) is 23.8 Å². The molecular formula is C15H14N6O2. The van der Waals surface area contributed by atoms with E-state index in [0.717, 1.165) is 10.2 Å². The van der Waals surface area contributed by atoms with E-state index in [1.165, 1.54) is 25.5 Å². The third kappa shape index (κ3) is 3.49. The van der Waals surface area contributed by atoms with Crippen LogP contribution in [0.3, 0.4) is 0 Å². The van der Waals surface area contributed by atoms with Crippen LogP contribution in [0.5, 0.6) is 0 Å². The van der Waals surface area contributed by atoms with Crippen molar-refractivity contribution in [1.82, 2.24) is 24.5 Å². The highest BCUT2D eigenvalue weighted by Gasteiger charge is 2.09. The van der Waals surface area contributed by atoms with Crippen molar-refractivity contribution in [2.45, 2.75) is 6.54 Å². The van der Waals surface area contributed by atoms with Crippen molar-refractivity contribution in [2.75, 3.05) is 5.32 Å². The zero-order valence-corrected chi connectivity index (χ0v) is 12.4. The number of nitrogens with one attached hydrogen (secondary N) is 1. The van der Waals surface area contributed by atoms with Crippen LogP contribution in [-0.4, -0.2) is 30.5 Å². The summed E-state index contributed by atoms with van der Waals surface area (Å²) in [5.41, 5.74) is 1.60. The first-order valence-electron chi connectivity index (χ1n) is 6.89. The van der Waals surface area contributed by atoms with Gasteiger partial charge in [-0.25, -0.2) is 14.3 Å². The lowest BCUT2D eigenvalue weighted by atomic mass is 10.2. The molecule has 0 atom stereocenters. The Morgan fingerprint density at radius 3 is 2.61 bits per heavy atom. The quantitative estimate of drug-likeness (QED) is 0.764. The number of hydrogen-bond acceptors (Lipinski definition) is 5. The zero-order chi connectivity index (χ0) is 16.2. The van der Waals surface area contributed by atoms with E-state index in [4.69, 9.17) is 0 Å². The molecule has 116 valence electrons. The van der Waals surface area contributed by atoms with Crippen molar-refractivity contribution in [3.05, 3.63) is 70.7 Å². The van der Waals surface area contributed by atoms with Gasteiger partial charge in [0.05, 0.1) is 6.54 Å². The SMILES string of the molecule is Cn1nc(C(=O)Nc2ccc(Cn3cncn3)cc2)ccc1=O. The van der Waals surface area contributed by atoms with E-state index in [0.29, 0.717) is 12.2 Å². The Morgan fingerprint density at radius 1 is 1.17 bits per heavy atom. The molecule has 3 rings (SSSR count). The number of aryl methyl sites for hydroxylation is 1. The number of amides is 1. The van der Waals surface area contributed by atoms with E-state index in [1.54, 1.807) is 23.1 Å². The fraction of sp³-hybridized carbons (Fsp3) is 0.133. The van der Waals surface area contributed by atoms with E-state index in [-0.39, 0.29) is 17.2 Å². The van der Waals surface area contributed by atoms with Gasteiger partial charge < -0.3 is 5.32 Å². The molecule has 3 aromatic rings. The standard InChI is InChI=1S/C15H14N6O2/c1-20-14(22)7-6-13(19-20)15(23)18-12-4-2-11(3-5-12)8-21-10-16-9-17-21/h2-7,9-10H,8H2,1H3,(H,18,23). The summed E-state index contributed by atoms with van der Waals surface area (Å²) < 4.78 is 2.83. The van der Waals surface area contributed by atoms with Crippen LogP contribution in [-0.2, 0) is 13.6 Å². The molecule has 2 heterocycles. The predicted molar refractivity (Wildman–Crippen MR) is 83.0 cm³/mol. The van der Waals surface area contributed by atoms with Crippen LogP contribution in [0.2, 0.25) is 0 Å². The maximum absolute atomic E-state index is 12.1. The third-order valence-corrected chi connectivity index (χ3v) is 3.22. The summed E-state index contributed by atoms with van der Waals surface area (Å²) in [6.07, 6.45) is 3.12. The minimum absolute atomic E-state index is 0.179. The normalized spacial score (nSPS) is 10.5. The molecule has 0 aliphatic carbocycles. The zero-order valence-electron chi connectivity index (χ0n) is 12.4. The summed E-state index contributed by atoms with van der Waals surface area (Å²) in [5, 5.41) is 10.7. The summed E-state index contributed by atoms with van der Waals surface area (Å²) in [4.78, 5) is 27.3. The van der Waals surface area contributed by atoms with Crippen LogP contribution in [0.15, 0.2) is 53.8 Å². The number of carbonyl (C=O) groups is 1. The van der Waals surface area contributed by atoms with Crippen LogP contribution >= 0.6 is 0 Å². The van der Waals surface area contributed by atoms with Crippen molar-refractivity contribution in [1.29, 1.82) is 0 Å². The molecular weight excluding hydrogens is 296 g/mol. The second-order valence-electron chi connectivity index (χ2n) is 4.92. The summed E-state index contributed by atoms with van der Waals surface area (Å²) in [6.45, 7) is 0.608.